The van der Waals surface area contributed by atoms with Gasteiger partial charge in [-0.3, -0.25) is 9.69 Å². The quantitative estimate of drug-likeness (QED) is 0.820. The number of benzene rings is 1. The molecule has 0 unspecified atom stereocenters. The van der Waals surface area contributed by atoms with Gasteiger partial charge in [0.2, 0.25) is 5.91 Å². The maximum absolute atomic E-state index is 12.9. The third-order valence-electron chi connectivity index (χ3n) is 2.60. The van der Waals surface area contributed by atoms with Crippen LogP contribution in [0.5, 0.6) is 0 Å². The van der Waals surface area contributed by atoms with E-state index in [1.54, 1.807) is 19.1 Å². The van der Waals surface area contributed by atoms with Gasteiger partial charge in [-0.2, -0.15) is 0 Å². The van der Waals surface area contributed by atoms with Gasteiger partial charge < -0.3 is 10.4 Å². The van der Waals surface area contributed by atoms with Gasteiger partial charge in [0.15, 0.2) is 0 Å². The topological polar surface area (TPSA) is 52.6 Å². The molecule has 1 amide bonds. The number of hydrogen-bond acceptors (Lipinski definition) is 3. The molecule has 4 nitrogen and oxygen atoms in total. The highest BCUT2D eigenvalue weighted by Crippen LogP contribution is 2.19. The summed E-state index contributed by atoms with van der Waals surface area (Å²) in [5, 5.41) is 12.1. The number of likely N-dealkylation sites (tertiary alicyclic amines) is 1. The highest BCUT2D eigenvalue weighted by molar-refractivity contribution is 5.92. The van der Waals surface area contributed by atoms with Crippen LogP contribution in [-0.2, 0) is 4.79 Å². The minimum absolute atomic E-state index is 0.203. The summed E-state index contributed by atoms with van der Waals surface area (Å²) in [4.78, 5) is 13.4. The van der Waals surface area contributed by atoms with Gasteiger partial charge in [0, 0.05) is 18.8 Å². The molecular formula is C12H15FN2O2. The minimum Gasteiger partial charge on any atom is -0.388 e. The number of β-amino-alcohol motifs (C(OH)–C–C–N with tert-alkyl or cyclic N) is 1. The first-order chi connectivity index (χ1) is 7.94. The van der Waals surface area contributed by atoms with Crippen LogP contribution in [0.4, 0.5) is 10.1 Å². The largest absolute Gasteiger partial charge is 0.388 e. The van der Waals surface area contributed by atoms with Gasteiger partial charge >= 0.3 is 0 Å². The van der Waals surface area contributed by atoms with E-state index in [0.717, 1.165) is 0 Å². The number of hydrogen-bond donors (Lipinski definition) is 2. The van der Waals surface area contributed by atoms with Crippen molar-refractivity contribution in [3.05, 3.63) is 30.1 Å². The predicted molar refractivity (Wildman–Crippen MR) is 62.1 cm³/mol. The van der Waals surface area contributed by atoms with Gasteiger partial charge in [-0.15, -0.1) is 0 Å². The summed E-state index contributed by atoms with van der Waals surface area (Å²) in [6.45, 7) is 2.92. The smallest absolute Gasteiger partial charge is 0.238 e. The van der Waals surface area contributed by atoms with Crippen molar-refractivity contribution in [2.45, 2.75) is 12.5 Å². The minimum atomic E-state index is -0.681. The van der Waals surface area contributed by atoms with Crippen molar-refractivity contribution in [1.82, 2.24) is 4.90 Å². The van der Waals surface area contributed by atoms with Crippen LogP contribution in [0.25, 0.3) is 0 Å². The lowest BCUT2D eigenvalue weighted by molar-refractivity contribution is -0.125. The molecule has 1 aliphatic heterocycles. The lowest BCUT2D eigenvalue weighted by Gasteiger charge is -2.43. The Kier molecular flexibility index (Phi) is 3.13. The van der Waals surface area contributed by atoms with E-state index < -0.39 is 5.60 Å². The fourth-order valence-corrected chi connectivity index (χ4v) is 2.00. The number of rotatable bonds is 3. The van der Waals surface area contributed by atoms with E-state index in [9.17, 15) is 14.3 Å². The molecule has 0 aliphatic carbocycles. The Bertz CT molecular complexity index is 426. The summed E-state index contributed by atoms with van der Waals surface area (Å²) < 4.78 is 12.9. The molecule has 0 bridgehead atoms. The second-order valence-corrected chi connectivity index (χ2v) is 4.70. The Morgan fingerprint density at radius 1 is 1.59 bits per heavy atom. The van der Waals surface area contributed by atoms with E-state index in [1.807, 2.05) is 4.90 Å². The molecule has 1 heterocycles. The van der Waals surface area contributed by atoms with Crippen LogP contribution in [0.15, 0.2) is 24.3 Å². The number of carbonyl (C=O) groups excluding carboxylic acids is 1. The molecule has 17 heavy (non-hydrogen) atoms. The number of nitrogens with zero attached hydrogens (tertiary/aromatic N) is 1. The average Bonchev–Trinajstić information content (AvgIpc) is 2.14. The fraction of sp³-hybridized carbons (Fsp3) is 0.417. The van der Waals surface area contributed by atoms with Gasteiger partial charge in [0.1, 0.15) is 5.82 Å². The highest BCUT2D eigenvalue weighted by Gasteiger charge is 2.37. The van der Waals surface area contributed by atoms with Gasteiger partial charge in [-0.1, -0.05) is 6.07 Å². The van der Waals surface area contributed by atoms with Crippen LogP contribution >= 0.6 is 0 Å². The molecule has 0 radical (unpaired) electrons. The van der Waals surface area contributed by atoms with E-state index in [4.69, 9.17) is 0 Å². The molecule has 0 atom stereocenters. The van der Waals surface area contributed by atoms with Crippen molar-refractivity contribution in [3.8, 4) is 0 Å². The standard InChI is InChI=1S/C12H15FN2O2/c1-12(17)7-15(8-12)6-11(16)14-10-4-2-3-9(13)5-10/h2-5,17H,6-8H2,1H3,(H,14,16). The van der Waals surface area contributed by atoms with Gasteiger partial charge in [0.05, 0.1) is 12.1 Å². The second-order valence-electron chi connectivity index (χ2n) is 4.70. The fourth-order valence-electron chi connectivity index (χ4n) is 2.00. The molecule has 1 fully saturated rings. The number of amides is 1. The van der Waals surface area contributed by atoms with Crippen LogP contribution in [0, 0.1) is 5.82 Å². The van der Waals surface area contributed by atoms with Crippen molar-refractivity contribution in [1.29, 1.82) is 0 Å². The third kappa shape index (κ3) is 3.25. The lowest BCUT2D eigenvalue weighted by Crippen LogP contribution is -2.61. The molecule has 1 aromatic rings. The van der Waals surface area contributed by atoms with E-state index in [0.29, 0.717) is 18.8 Å². The van der Waals surface area contributed by atoms with E-state index in [-0.39, 0.29) is 18.3 Å². The first-order valence-electron chi connectivity index (χ1n) is 5.45. The first kappa shape index (κ1) is 12.0. The van der Waals surface area contributed by atoms with E-state index >= 15 is 0 Å². The van der Waals surface area contributed by atoms with Crippen LogP contribution < -0.4 is 5.32 Å². The molecule has 5 heteroatoms. The van der Waals surface area contributed by atoms with Crippen LogP contribution in [0.1, 0.15) is 6.92 Å². The molecular weight excluding hydrogens is 223 g/mol. The molecule has 0 aromatic heterocycles. The SMILES string of the molecule is CC1(O)CN(CC(=O)Nc2cccc(F)c2)C1. The van der Waals surface area contributed by atoms with Crippen LogP contribution in [-0.4, -0.2) is 41.1 Å². The molecule has 0 spiro atoms. The number of anilines is 1. The zero-order valence-corrected chi connectivity index (χ0v) is 9.61. The Morgan fingerprint density at radius 3 is 2.88 bits per heavy atom. The second kappa shape index (κ2) is 4.43. The van der Waals surface area contributed by atoms with Crippen molar-refractivity contribution in [2.75, 3.05) is 25.0 Å². The average molecular weight is 238 g/mol. The summed E-state index contributed by atoms with van der Waals surface area (Å²) >= 11 is 0. The van der Waals surface area contributed by atoms with Gasteiger partial charge in [0.25, 0.3) is 0 Å². The first-order valence-corrected chi connectivity index (χ1v) is 5.45. The molecule has 1 aliphatic rings. The summed E-state index contributed by atoms with van der Waals surface area (Å²) in [6.07, 6.45) is 0. The Labute approximate surface area is 99.0 Å². The summed E-state index contributed by atoms with van der Waals surface area (Å²) in [7, 11) is 0. The zero-order valence-electron chi connectivity index (χ0n) is 9.61. The molecule has 92 valence electrons. The number of halogens is 1. The van der Waals surface area contributed by atoms with Crippen LogP contribution in [0.3, 0.4) is 0 Å². The van der Waals surface area contributed by atoms with Crippen molar-refractivity contribution in [3.63, 3.8) is 0 Å². The summed E-state index contributed by atoms with van der Waals surface area (Å²) in [5.74, 6) is -0.583. The molecule has 2 N–H and O–H groups in total. The van der Waals surface area contributed by atoms with Crippen molar-refractivity contribution in [2.24, 2.45) is 0 Å². The number of carbonyl (C=O) groups is 1. The highest BCUT2D eigenvalue weighted by atomic mass is 19.1. The Balaban J connectivity index is 1.82. The lowest BCUT2D eigenvalue weighted by atomic mass is 9.97. The summed E-state index contributed by atoms with van der Waals surface area (Å²) in [5.41, 5.74) is -0.235. The maximum atomic E-state index is 12.9. The monoisotopic (exact) mass is 238 g/mol. The summed E-state index contributed by atoms with van der Waals surface area (Å²) in [6, 6.07) is 5.76. The Hall–Kier alpha value is -1.46. The van der Waals surface area contributed by atoms with Crippen molar-refractivity contribution < 1.29 is 14.3 Å². The third-order valence-corrected chi connectivity index (χ3v) is 2.60. The zero-order chi connectivity index (χ0) is 12.5. The van der Waals surface area contributed by atoms with Crippen LogP contribution in [0.2, 0.25) is 0 Å². The number of nitrogens with one attached hydrogen (secondary N) is 1. The van der Waals surface area contributed by atoms with Crippen molar-refractivity contribution >= 4 is 11.6 Å². The normalized spacial score (nSPS) is 18.5. The Morgan fingerprint density at radius 2 is 2.29 bits per heavy atom. The van der Waals surface area contributed by atoms with Gasteiger partial charge in [-0.05, 0) is 25.1 Å². The molecule has 2 rings (SSSR count). The van der Waals surface area contributed by atoms with Gasteiger partial charge in [-0.25, -0.2) is 4.39 Å². The predicted octanol–water partition coefficient (Wildman–Crippen LogP) is 0.831. The molecule has 1 aromatic carbocycles. The maximum Gasteiger partial charge on any atom is 0.238 e. The molecule has 0 saturated carbocycles. The molecule has 1 saturated heterocycles. The van der Waals surface area contributed by atoms with E-state index in [1.165, 1.54) is 12.1 Å². The number of aliphatic hydroxyl groups is 1. The van der Waals surface area contributed by atoms with E-state index in [2.05, 4.69) is 5.32 Å².